The highest BCUT2D eigenvalue weighted by molar-refractivity contribution is 5.78. The third kappa shape index (κ3) is 5.04. The molecule has 20 heavy (non-hydrogen) atoms. The highest BCUT2D eigenvalue weighted by Gasteiger charge is 2.29. The minimum absolute atomic E-state index is 0.239. The summed E-state index contributed by atoms with van der Waals surface area (Å²) in [4.78, 5) is 16.6. The molecule has 0 spiro atoms. The molecule has 1 saturated heterocycles. The third-order valence-electron chi connectivity index (χ3n) is 4.07. The molecule has 0 saturated carbocycles. The van der Waals surface area contributed by atoms with Gasteiger partial charge in [-0.05, 0) is 25.7 Å². The molecule has 1 fully saturated rings. The Labute approximate surface area is 123 Å². The number of nitrogens with two attached hydrogens (primary N) is 1. The van der Waals surface area contributed by atoms with Gasteiger partial charge >= 0.3 is 0 Å². The second-order valence-corrected chi connectivity index (χ2v) is 5.62. The van der Waals surface area contributed by atoms with Crippen LogP contribution >= 0.6 is 0 Å². The van der Waals surface area contributed by atoms with E-state index in [4.69, 9.17) is 10.5 Å². The molecule has 1 rings (SSSR count). The molecule has 0 aromatic rings. The van der Waals surface area contributed by atoms with Gasteiger partial charge < -0.3 is 15.4 Å². The first-order valence-electron chi connectivity index (χ1n) is 7.90. The first kappa shape index (κ1) is 17.4. The van der Waals surface area contributed by atoms with Gasteiger partial charge in [0.25, 0.3) is 0 Å². The van der Waals surface area contributed by atoms with Crippen molar-refractivity contribution in [3.05, 3.63) is 0 Å². The summed E-state index contributed by atoms with van der Waals surface area (Å²) in [6.45, 7) is 7.93. The van der Waals surface area contributed by atoms with E-state index in [0.717, 1.165) is 45.3 Å². The second-order valence-electron chi connectivity index (χ2n) is 5.62. The molecule has 0 aromatic carbocycles. The normalized spacial score (nSPS) is 23.8. The van der Waals surface area contributed by atoms with Crippen LogP contribution in [0.4, 0.5) is 0 Å². The molecule has 2 unspecified atom stereocenters. The summed E-state index contributed by atoms with van der Waals surface area (Å²) in [5, 5.41) is 0. The molecule has 0 bridgehead atoms. The fourth-order valence-electron chi connectivity index (χ4n) is 2.91. The smallest absolute Gasteiger partial charge is 0.236 e. The Bertz CT molecular complexity index is 280. The lowest BCUT2D eigenvalue weighted by Gasteiger charge is -2.38. The summed E-state index contributed by atoms with van der Waals surface area (Å²) < 4.78 is 5.42. The minimum atomic E-state index is 0.239. The number of carbonyl (C=O) groups excluding carboxylic acids is 1. The maximum absolute atomic E-state index is 12.4. The molecular weight excluding hydrogens is 254 g/mol. The number of amides is 1. The predicted octanol–water partition coefficient (Wildman–Crippen LogP) is 1.07. The van der Waals surface area contributed by atoms with Gasteiger partial charge in [0, 0.05) is 39.3 Å². The summed E-state index contributed by atoms with van der Waals surface area (Å²) in [5.41, 5.74) is 5.86. The second kappa shape index (κ2) is 9.32. The van der Waals surface area contributed by atoms with Gasteiger partial charge in [-0.1, -0.05) is 13.8 Å². The molecule has 2 N–H and O–H groups in total. The fraction of sp³-hybridized carbons (Fsp3) is 0.933. The van der Waals surface area contributed by atoms with Crippen molar-refractivity contribution < 1.29 is 9.53 Å². The molecule has 5 nitrogen and oxygen atoms in total. The number of carbonyl (C=O) groups is 1. The highest BCUT2D eigenvalue weighted by Crippen LogP contribution is 2.19. The van der Waals surface area contributed by atoms with Crippen molar-refractivity contribution in [2.75, 3.05) is 39.8 Å². The Hall–Kier alpha value is -0.650. The maximum atomic E-state index is 12.4. The largest absolute Gasteiger partial charge is 0.381 e. The number of likely N-dealkylation sites (tertiary alicyclic amines) is 1. The van der Waals surface area contributed by atoms with Gasteiger partial charge in [-0.3, -0.25) is 9.69 Å². The molecule has 5 heteroatoms. The van der Waals surface area contributed by atoms with Gasteiger partial charge in [0.1, 0.15) is 0 Å². The molecule has 2 atom stereocenters. The topological polar surface area (TPSA) is 58.8 Å². The molecule has 1 aliphatic rings. The van der Waals surface area contributed by atoms with E-state index in [-0.39, 0.29) is 18.1 Å². The van der Waals surface area contributed by atoms with Crippen LogP contribution in [0.25, 0.3) is 0 Å². The zero-order valence-electron chi connectivity index (χ0n) is 13.3. The van der Waals surface area contributed by atoms with Gasteiger partial charge in [0.2, 0.25) is 5.91 Å². The van der Waals surface area contributed by atoms with Crippen molar-refractivity contribution >= 4 is 5.91 Å². The number of methoxy groups -OCH3 is 1. The van der Waals surface area contributed by atoms with Gasteiger partial charge in [-0.25, -0.2) is 0 Å². The molecular formula is C15H31N3O2. The Morgan fingerprint density at radius 3 is 2.50 bits per heavy atom. The summed E-state index contributed by atoms with van der Waals surface area (Å²) in [7, 11) is 1.75. The lowest BCUT2D eigenvalue weighted by molar-refractivity contribution is -0.134. The van der Waals surface area contributed by atoms with Crippen LogP contribution in [0.2, 0.25) is 0 Å². The quantitative estimate of drug-likeness (QED) is 0.725. The van der Waals surface area contributed by atoms with Crippen LogP contribution in [0.3, 0.4) is 0 Å². The maximum Gasteiger partial charge on any atom is 0.236 e. The van der Waals surface area contributed by atoms with Crippen LogP contribution < -0.4 is 5.73 Å². The summed E-state index contributed by atoms with van der Waals surface area (Å²) in [6.07, 6.45) is 4.23. The number of nitrogens with zero attached hydrogens (tertiary/aromatic N) is 2. The van der Waals surface area contributed by atoms with Crippen LogP contribution in [0.5, 0.6) is 0 Å². The number of piperidine rings is 1. The lowest BCUT2D eigenvalue weighted by atomic mass is 9.99. The molecule has 0 radical (unpaired) electrons. The Kier molecular flexibility index (Phi) is 8.11. The van der Waals surface area contributed by atoms with Gasteiger partial charge in [-0.2, -0.15) is 0 Å². The number of hydrogen-bond donors (Lipinski definition) is 1. The summed E-state index contributed by atoms with van der Waals surface area (Å²) in [6, 6.07) is 0.266. The van der Waals surface area contributed by atoms with E-state index in [0.29, 0.717) is 13.1 Å². The van der Waals surface area contributed by atoms with Crippen LogP contribution in [0.15, 0.2) is 0 Å². The fourth-order valence-corrected chi connectivity index (χ4v) is 2.91. The molecule has 1 amide bonds. The van der Waals surface area contributed by atoms with E-state index in [1.54, 1.807) is 7.11 Å². The molecule has 1 aliphatic heterocycles. The summed E-state index contributed by atoms with van der Waals surface area (Å²) in [5.74, 6) is 0.239. The number of rotatable bonds is 8. The zero-order chi connectivity index (χ0) is 15.0. The van der Waals surface area contributed by atoms with Gasteiger partial charge in [-0.15, -0.1) is 0 Å². The first-order chi connectivity index (χ1) is 9.65. The minimum Gasteiger partial charge on any atom is -0.381 e. The van der Waals surface area contributed by atoms with Crippen molar-refractivity contribution in [3.8, 4) is 0 Å². The Morgan fingerprint density at radius 2 is 2.00 bits per heavy atom. The standard InChI is InChI=1S/C15H31N3O2/c1-4-7-17(8-5-2)15(19)12-18-9-6-14(20-3)10-13(18)11-16/h13-14H,4-12,16H2,1-3H3. The van der Waals surface area contributed by atoms with E-state index in [1.165, 1.54) is 0 Å². The van der Waals surface area contributed by atoms with Crippen molar-refractivity contribution in [3.63, 3.8) is 0 Å². The lowest BCUT2D eigenvalue weighted by Crippen LogP contribution is -2.52. The van der Waals surface area contributed by atoms with Crippen LogP contribution in [-0.2, 0) is 9.53 Å². The van der Waals surface area contributed by atoms with Crippen molar-refractivity contribution in [1.82, 2.24) is 9.80 Å². The molecule has 118 valence electrons. The first-order valence-corrected chi connectivity index (χ1v) is 7.90. The van der Waals surface area contributed by atoms with Crippen molar-refractivity contribution in [2.24, 2.45) is 5.73 Å². The van der Waals surface area contributed by atoms with Crippen molar-refractivity contribution in [2.45, 2.75) is 51.7 Å². The van der Waals surface area contributed by atoms with Crippen LogP contribution in [0.1, 0.15) is 39.5 Å². The van der Waals surface area contributed by atoms with E-state index >= 15 is 0 Å². The van der Waals surface area contributed by atoms with Crippen molar-refractivity contribution in [1.29, 1.82) is 0 Å². The average molecular weight is 285 g/mol. The van der Waals surface area contributed by atoms with Gasteiger partial charge in [0.15, 0.2) is 0 Å². The highest BCUT2D eigenvalue weighted by atomic mass is 16.5. The van der Waals surface area contributed by atoms with Crippen LogP contribution in [-0.4, -0.2) is 67.7 Å². The average Bonchev–Trinajstić information content (AvgIpc) is 2.47. The van der Waals surface area contributed by atoms with Crippen LogP contribution in [0, 0.1) is 0 Å². The number of hydrogen-bond acceptors (Lipinski definition) is 4. The zero-order valence-corrected chi connectivity index (χ0v) is 13.3. The Balaban J connectivity index is 2.54. The summed E-state index contributed by atoms with van der Waals surface area (Å²) >= 11 is 0. The molecule has 0 aliphatic carbocycles. The number of ether oxygens (including phenoxy) is 1. The van der Waals surface area contributed by atoms with Gasteiger partial charge in [0.05, 0.1) is 12.6 Å². The molecule has 1 heterocycles. The van der Waals surface area contributed by atoms with E-state index in [9.17, 15) is 4.79 Å². The van der Waals surface area contributed by atoms with E-state index < -0.39 is 0 Å². The Morgan fingerprint density at radius 1 is 1.35 bits per heavy atom. The van der Waals surface area contributed by atoms with E-state index in [1.807, 2.05) is 4.90 Å². The SMILES string of the molecule is CCCN(CCC)C(=O)CN1CCC(OC)CC1CN. The monoisotopic (exact) mass is 285 g/mol. The molecule has 0 aromatic heterocycles. The van der Waals surface area contributed by atoms with E-state index in [2.05, 4.69) is 18.7 Å². The predicted molar refractivity (Wildman–Crippen MR) is 81.6 cm³/mol. The third-order valence-corrected chi connectivity index (χ3v) is 4.07.